The Morgan fingerprint density at radius 3 is 2.42 bits per heavy atom. The molecule has 130 valence electrons. The van der Waals surface area contributed by atoms with E-state index in [2.05, 4.69) is 29.0 Å². The Balaban J connectivity index is 4.09. The fourth-order valence-electron chi connectivity index (χ4n) is 1.91. The average Bonchev–Trinajstić information content (AvgIpc) is 2.57. The maximum absolute atomic E-state index is 12.1. The molecule has 0 N–H and O–H groups in total. The number of hydrogen-bond donors (Lipinski definition) is 1. The van der Waals surface area contributed by atoms with Crippen LogP contribution in [-0.4, -0.2) is 93.4 Å². The van der Waals surface area contributed by atoms with Crippen LogP contribution in [0.2, 0.25) is 0 Å². The van der Waals surface area contributed by atoms with Crippen molar-refractivity contribution in [2.24, 2.45) is 9.79 Å². The van der Waals surface area contributed by atoms with Crippen LogP contribution in [0.5, 0.6) is 0 Å². The number of rotatable bonds is 15. The van der Waals surface area contributed by atoms with E-state index in [1.165, 1.54) is 0 Å². The van der Waals surface area contributed by atoms with Crippen molar-refractivity contribution in [3.8, 4) is 0 Å². The number of thioether (sulfide) groups is 1. The summed E-state index contributed by atoms with van der Waals surface area (Å²) in [4.78, 5) is 34.2. The van der Waals surface area contributed by atoms with Crippen LogP contribution >= 0.6 is 24.4 Å². The number of amides is 2. The maximum atomic E-state index is 12.1. The molecule has 0 aromatic carbocycles. The van der Waals surface area contributed by atoms with Crippen LogP contribution in [0.1, 0.15) is 6.42 Å². The van der Waals surface area contributed by atoms with Gasteiger partial charge in [-0.05, 0) is 0 Å². The Bertz CT molecular complexity index is 428. The molecule has 24 heavy (non-hydrogen) atoms. The third-order valence-electron chi connectivity index (χ3n) is 3.12. The minimum absolute atomic E-state index is 0.0259. The van der Waals surface area contributed by atoms with Crippen molar-refractivity contribution in [1.82, 2.24) is 9.80 Å². The zero-order valence-electron chi connectivity index (χ0n) is 14.0. The summed E-state index contributed by atoms with van der Waals surface area (Å²) >= 11 is 5.78. The van der Waals surface area contributed by atoms with Gasteiger partial charge in [-0.1, -0.05) is 0 Å². The molecule has 0 aliphatic rings. The first kappa shape index (κ1) is 23.1. The van der Waals surface area contributed by atoms with Crippen molar-refractivity contribution in [2.75, 3.05) is 56.5 Å². The van der Waals surface area contributed by atoms with E-state index < -0.39 is 0 Å². The summed E-state index contributed by atoms with van der Waals surface area (Å²) in [6.07, 6.45) is 2.11. The molecule has 2 radical (unpaired) electrons. The zero-order chi connectivity index (χ0) is 18.2. The van der Waals surface area contributed by atoms with Crippen LogP contribution < -0.4 is 0 Å². The quantitative estimate of drug-likeness (QED) is 0.200. The fourth-order valence-corrected chi connectivity index (χ4v) is 3.02. The standard InChI is InChI=1S/C14H24B2N4O2S2/c1-2-5-19(14(22)12-18-16)8-11-24-10-3-13(21)20(7-9-23)6-4-17-15/h2,23H,1,3-12H2. The summed E-state index contributed by atoms with van der Waals surface area (Å²) in [6.45, 7) is 6.19. The van der Waals surface area contributed by atoms with E-state index in [1.807, 2.05) is 0 Å². The monoisotopic (exact) mass is 366 g/mol. The Labute approximate surface area is 156 Å². The number of carbonyl (C=O) groups excluding carboxylic acids is 2. The Hall–Kier alpha value is -0.890. The Morgan fingerprint density at radius 2 is 1.83 bits per heavy atom. The van der Waals surface area contributed by atoms with Gasteiger partial charge < -0.3 is 0 Å². The molecule has 0 spiro atoms. The van der Waals surface area contributed by atoms with Gasteiger partial charge in [-0.25, -0.2) is 0 Å². The second kappa shape index (κ2) is 15.6. The molecule has 0 heterocycles. The number of carbonyl (C=O) groups is 2. The average molecular weight is 366 g/mol. The summed E-state index contributed by atoms with van der Waals surface area (Å²) in [7, 11) is 10.2. The summed E-state index contributed by atoms with van der Waals surface area (Å²) in [5.41, 5.74) is 0. The molecule has 0 unspecified atom stereocenters. The molecule has 2 amide bonds. The van der Waals surface area contributed by atoms with Gasteiger partial charge in [0.1, 0.15) is 0 Å². The predicted molar refractivity (Wildman–Crippen MR) is 105 cm³/mol. The van der Waals surface area contributed by atoms with Gasteiger partial charge in [0.2, 0.25) is 0 Å². The van der Waals surface area contributed by atoms with E-state index >= 15 is 0 Å². The Morgan fingerprint density at radius 1 is 1.08 bits per heavy atom. The Kier molecular flexibility index (Phi) is 15.0. The summed E-state index contributed by atoms with van der Waals surface area (Å²) < 4.78 is 0. The van der Waals surface area contributed by atoms with Gasteiger partial charge >= 0.3 is 156 Å². The SMILES string of the molecule is [B]=NCCN(CCS)C(=O)CCSCCN(CC=C)C(=O)CN=[B]. The van der Waals surface area contributed by atoms with Crippen LogP contribution in [-0.2, 0) is 9.59 Å². The van der Waals surface area contributed by atoms with Gasteiger partial charge in [0, 0.05) is 0 Å². The molecule has 0 aromatic rings. The van der Waals surface area contributed by atoms with E-state index in [0.717, 1.165) is 5.75 Å². The normalized spacial score (nSPS) is 9.96. The molecular formula is C14H24B2N4O2S2. The van der Waals surface area contributed by atoms with Crippen molar-refractivity contribution in [1.29, 1.82) is 0 Å². The molecule has 0 fully saturated rings. The first-order valence-corrected chi connectivity index (χ1v) is 9.47. The van der Waals surface area contributed by atoms with E-state index in [-0.39, 0.29) is 18.4 Å². The number of hydrogen-bond acceptors (Lipinski definition) is 6. The predicted octanol–water partition coefficient (Wildman–Crippen LogP) is 0.587. The van der Waals surface area contributed by atoms with E-state index in [0.29, 0.717) is 50.7 Å². The zero-order valence-corrected chi connectivity index (χ0v) is 15.7. The van der Waals surface area contributed by atoms with Gasteiger partial charge in [0.25, 0.3) is 0 Å². The number of nitrogens with zero attached hydrogens (tertiary/aromatic N) is 4. The molecule has 0 aliphatic carbocycles. The first-order chi connectivity index (χ1) is 11.6. The molecule has 0 rings (SSSR count). The van der Waals surface area contributed by atoms with Crippen LogP contribution in [0.4, 0.5) is 0 Å². The van der Waals surface area contributed by atoms with Gasteiger partial charge in [-0.2, -0.15) is 0 Å². The van der Waals surface area contributed by atoms with Crippen LogP contribution in [0.15, 0.2) is 22.4 Å². The van der Waals surface area contributed by atoms with Crippen molar-refractivity contribution in [2.45, 2.75) is 6.42 Å². The molecule has 6 nitrogen and oxygen atoms in total. The van der Waals surface area contributed by atoms with Gasteiger partial charge in [0.05, 0.1) is 0 Å². The van der Waals surface area contributed by atoms with Crippen molar-refractivity contribution in [3.63, 3.8) is 0 Å². The molecule has 0 bridgehead atoms. The molecule has 0 aromatic heterocycles. The van der Waals surface area contributed by atoms with Crippen LogP contribution in [0, 0.1) is 0 Å². The third kappa shape index (κ3) is 10.8. The molecule has 0 aliphatic heterocycles. The fraction of sp³-hybridized carbons (Fsp3) is 0.714. The summed E-state index contributed by atoms with van der Waals surface area (Å²) in [6, 6.07) is 0. The topological polar surface area (TPSA) is 65.3 Å². The van der Waals surface area contributed by atoms with Crippen molar-refractivity contribution >= 4 is 51.5 Å². The first-order valence-electron chi connectivity index (χ1n) is 7.69. The van der Waals surface area contributed by atoms with E-state index in [4.69, 9.17) is 15.3 Å². The summed E-state index contributed by atoms with van der Waals surface area (Å²) in [5.74, 6) is 1.98. The van der Waals surface area contributed by atoms with E-state index in [9.17, 15) is 9.59 Å². The molecule has 0 saturated heterocycles. The third-order valence-corrected chi connectivity index (χ3v) is 4.28. The van der Waals surface area contributed by atoms with Crippen molar-refractivity contribution in [3.05, 3.63) is 12.7 Å². The molecule has 10 heteroatoms. The molecular weight excluding hydrogens is 342 g/mol. The number of thiol groups is 1. The minimum atomic E-state index is -0.125. The van der Waals surface area contributed by atoms with Gasteiger partial charge in [-0.3, -0.25) is 0 Å². The van der Waals surface area contributed by atoms with E-state index in [1.54, 1.807) is 27.6 Å². The van der Waals surface area contributed by atoms with Crippen LogP contribution in [0.3, 0.4) is 0 Å². The van der Waals surface area contributed by atoms with Crippen molar-refractivity contribution < 1.29 is 9.59 Å². The summed E-state index contributed by atoms with van der Waals surface area (Å²) in [5, 5.41) is 0. The van der Waals surface area contributed by atoms with Gasteiger partial charge in [0.15, 0.2) is 0 Å². The van der Waals surface area contributed by atoms with Crippen LogP contribution in [0.25, 0.3) is 0 Å². The van der Waals surface area contributed by atoms with Gasteiger partial charge in [-0.15, -0.1) is 0 Å². The molecule has 0 saturated carbocycles. The molecule has 0 atom stereocenters. The second-order valence-electron chi connectivity index (χ2n) is 4.84. The second-order valence-corrected chi connectivity index (χ2v) is 6.51.